The van der Waals surface area contributed by atoms with Crippen molar-refractivity contribution >= 4 is 11.7 Å². The molecule has 0 spiro atoms. The number of ether oxygens (including phenoxy) is 2. The van der Waals surface area contributed by atoms with Gasteiger partial charge in [-0.1, -0.05) is 26.8 Å². The third-order valence-electron chi connectivity index (χ3n) is 2.81. The van der Waals surface area contributed by atoms with Gasteiger partial charge in [-0.25, -0.2) is 4.79 Å². The molecule has 0 bridgehead atoms. The van der Waals surface area contributed by atoms with E-state index < -0.39 is 17.4 Å². The van der Waals surface area contributed by atoms with Crippen molar-refractivity contribution in [3.63, 3.8) is 0 Å². The van der Waals surface area contributed by atoms with E-state index in [9.17, 15) is 9.90 Å². The maximum absolute atomic E-state index is 11.3. The number of hydrogen-bond acceptors (Lipinski definition) is 4. The highest BCUT2D eigenvalue weighted by Gasteiger charge is 2.31. The van der Waals surface area contributed by atoms with Crippen molar-refractivity contribution in [2.45, 2.75) is 26.8 Å². The highest BCUT2D eigenvalue weighted by atomic mass is 16.5. The van der Waals surface area contributed by atoms with Gasteiger partial charge in [0.1, 0.15) is 18.4 Å². The molecule has 1 aromatic carbocycles. The van der Waals surface area contributed by atoms with Crippen molar-refractivity contribution in [3.05, 3.63) is 24.3 Å². The number of nitrogens with one attached hydrogen (secondary N) is 1. The lowest BCUT2D eigenvalue weighted by Gasteiger charge is -2.28. The molecule has 0 aliphatic carbocycles. The summed E-state index contributed by atoms with van der Waals surface area (Å²) < 4.78 is 10.4. The van der Waals surface area contributed by atoms with Crippen LogP contribution in [0.2, 0.25) is 0 Å². The zero-order valence-electron chi connectivity index (χ0n) is 12.5. The molecule has 112 valence electrons. The van der Waals surface area contributed by atoms with Gasteiger partial charge < -0.3 is 19.9 Å². The number of carboxylic acid groups (broad SMARTS) is 1. The monoisotopic (exact) mass is 281 g/mol. The van der Waals surface area contributed by atoms with Crippen LogP contribution in [0.3, 0.4) is 0 Å². The molecule has 5 nitrogen and oxygen atoms in total. The number of carboxylic acids is 1. The first-order valence-electron chi connectivity index (χ1n) is 6.55. The highest BCUT2D eigenvalue weighted by Crippen LogP contribution is 2.25. The molecule has 0 heterocycles. The van der Waals surface area contributed by atoms with Crippen molar-refractivity contribution in [2.75, 3.05) is 25.6 Å². The average molecular weight is 281 g/mol. The predicted molar refractivity (Wildman–Crippen MR) is 78.3 cm³/mol. The fourth-order valence-electron chi connectivity index (χ4n) is 1.73. The van der Waals surface area contributed by atoms with E-state index in [-0.39, 0.29) is 0 Å². The van der Waals surface area contributed by atoms with E-state index in [4.69, 9.17) is 9.47 Å². The van der Waals surface area contributed by atoms with Crippen LogP contribution in [0.5, 0.6) is 5.75 Å². The molecule has 0 unspecified atom stereocenters. The molecule has 1 atom stereocenters. The Labute approximate surface area is 119 Å². The van der Waals surface area contributed by atoms with Gasteiger partial charge in [0.15, 0.2) is 0 Å². The molecule has 0 fully saturated rings. The molecule has 20 heavy (non-hydrogen) atoms. The first kappa shape index (κ1) is 16.3. The number of carbonyl (C=O) groups is 1. The second-order valence-corrected chi connectivity index (χ2v) is 5.65. The maximum atomic E-state index is 11.3. The van der Waals surface area contributed by atoms with Gasteiger partial charge in [0.05, 0.1) is 6.61 Å². The molecule has 0 amide bonds. The van der Waals surface area contributed by atoms with Gasteiger partial charge in [-0.15, -0.1) is 0 Å². The minimum Gasteiger partial charge on any atom is -0.491 e. The molecule has 1 aromatic rings. The summed E-state index contributed by atoms with van der Waals surface area (Å²) >= 11 is 0. The second-order valence-electron chi connectivity index (χ2n) is 5.65. The zero-order chi connectivity index (χ0) is 15.2. The van der Waals surface area contributed by atoms with E-state index in [1.165, 1.54) is 0 Å². The lowest BCUT2D eigenvalue weighted by molar-refractivity contribution is -0.140. The highest BCUT2D eigenvalue weighted by molar-refractivity contribution is 5.78. The summed E-state index contributed by atoms with van der Waals surface area (Å²) in [7, 11) is 1.61. The van der Waals surface area contributed by atoms with Crippen LogP contribution in [0.15, 0.2) is 24.3 Å². The SMILES string of the molecule is COCCOc1cccc(N[C@H](C(=O)O)C(C)(C)C)c1. The van der Waals surface area contributed by atoms with Gasteiger partial charge >= 0.3 is 5.97 Å². The quantitative estimate of drug-likeness (QED) is 0.752. The second kappa shape index (κ2) is 7.14. The number of aliphatic carboxylic acids is 1. The lowest BCUT2D eigenvalue weighted by Crippen LogP contribution is -2.41. The maximum Gasteiger partial charge on any atom is 0.326 e. The summed E-state index contributed by atoms with van der Waals surface area (Å²) in [6.07, 6.45) is 0. The third kappa shape index (κ3) is 5.09. The fourth-order valence-corrected chi connectivity index (χ4v) is 1.73. The Morgan fingerprint density at radius 2 is 2.05 bits per heavy atom. The number of anilines is 1. The van der Waals surface area contributed by atoms with Crippen molar-refractivity contribution in [3.8, 4) is 5.75 Å². The minimum atomic E-state index is -0.872. The number of methoxy groups -OCH3 is 1. The number of hydrogen-bond donors (Lipinski definition) is 2. The van der Waals surface area contributed by atoms with Gasteiger partial charge in [-0.3, -0.25) is 0 Å². The summed E-state index contributed by atoms with van der Waals surface area (Å²) in [6.45, 7) is 6.63. The van der Waals surface area contributed by atoms with Crippen LogP contribution in [0.25, 0.3) is 0 Å². The number of rotatable bonds is 7. The van der Waals surface area contributed by atoms with Crippen molar-refractivity contribution < 1.29 is 19.4 Å². The van der Waals surface area contributed by atoms with Gasteiger partial charge in [0.2, 0.25) is 0 Å². The lowest BCUT2D eigenvalue weighted by atomic mass is 9.86. The smallest absolute Gasteiger partial charge is 0.326 e. The summed E-state index contributed by atoms with van der Waals surface area (Å²) in [5.41, 5.74) is 0.334. The Hall–Kier alpha value is -1.75. The van der Waals surface area contributed by atoms with E-state index in [1.807, 2.05) is 39.0 Å². The molecule has 0 aliphatic rings. The van der Waals surface area contributed by atoms with E-state index in [0.29, 0.717) is 19.0 Å². The molecule has 0 aromatic heterocycles. The van der Waals surface area contributed by atoms with Gasteiger partial charge in [-0.2, -0.15) is 0 Å². The topological polar surface area (TPSA) is 67.8 Å². The van der Waals surface area contributed by atoms with Gasteiger partial charge in [0, 0.05) is 18.9 Å². The first-order chi connectivity index (χ1) is 9.34. The molecular formula is C15H23NO4. The third-order valence-corrected chi connectivity index (χ3v) is 2.81. The molecule has 5 heteroatoms. The van der Waals surface area contributed by atoms with Crippen molar-refractivity contribution in [1.82, 2.24) is 0 Å². The molecular weight excluding hydrogens is 258 g/mol. The van der Waals surface area contributed by atoms with Crippen LogP contribution in [-0.2, 0) is 9.53 Å². The number of benzene rings is 1. The summed E-state index contributed by atoms with van der Waals surface area (Å²) in [5, 5.41) is 12.3. The molecule has 0 radical (unpaired) electrons. The van der Waals surface area contributed by atoms with Crippen LogP contribution < -0.4 is 10.1 Å². The van der Waals surface area contributed by atoms with Crippen LogP contribution in [0.1, 0.15) is 20.8 Å². The normalized spacial score (nSPS) is 12.8. The summed E-state index contributed by atoms with van der Waals surface area (Å²) in [5.74, 6) is -0.187. The Kier molecular flexibility index (Phi) is 5.82. The van der Waals surface area contributed by atoms with Crippen LogP contribution in [0, 0.1) is 5.41 Å². The Morgan fingerprint density at radius 3 is 2.60 bits per heavy atom. The predicted octanol–water partition coefficient (Wildman–Crippen LogP) is 2.62. The fraction of sp³-hybridized carbons (Fsp3) is 0.533. The standard InChI is InChI=1S/C15H23NO4/c1-15(2,3)13(14(17)18)16-11-6-5-7-12(10-11)20-9-8-19-4/h5-7,10,13,16H,8-9H2,1-4H3,(H,17,18)/t13-/m1/s1. The zero-order valence-corrected chi connectivity index (χ0v) is 12.5. The molecule has 2 N–H and O–H groups in total. The van der Waals surface area contributed by atoms with Crippen LogP contribution in [-0.4, -0.2) is 37.4 Å². The summed E-state index contributed by atoms with van der Waals surface area (Å²) in [4.78, 5) is 11.3. The van der Waals surface area contributed by atoms with E-state index >= 15 is 0 Å². The van der Waals surface area contributed by atoms with Gasteiger partial charge in [-0.05, 0) is 17.5 Å². The summed E-state index contributed by atoms with van der Waals surface area (Å²) in [6, 6.07) is 6.60. The molecule has 0 saturated carbocycles. The van der Waals surface area contributed by atoms with Crippen LogP contribution >= 0.6 is 0 Å². The van der Waals surface area contributed by atoms with Crippen molar-refractivity contribution in [1.29, 1.82) is 0 Å². The van der Waals surface area contributed by atoms with E-state index in [0.717, 1.165) is 5.69 Å². The molecule has 0 saturated heterocycles. The largest absolute Gasteiger partial charge is 0.491 e. The van der Waals surface area contributed by atoms with Crippen molar-refractivity contribution in [2.24, 2.45) is 5.41 Å². The first-order valence-corrected chi connectivity index (χ1v) is 6.55. The van der Waals surface area contributed by atoms with E-state index in [2.05, 4.69) is 5.32 Å². The van der Waals surface area contributed by atoms with Gasteiger partial charge in [0.25, 0.3) is 0 Å². The van der Waals surface area contributed by atoms with E-state index in [1.54, 1.807) is 13.2 Å². The Bertz CT molecular complexity index is 440. The molecule has 1 rings (SSSR count). The average Bonchev–Trinajstić information content (AvgIpc) is 2.35. The molecule has 0 aliphatic heterocycles. The Balaban J connectivity index is 2.76. The Morgan fingerprint density at radius 1 is 1.35 bits per heavy atom. The minimum absolute atomic E-state index is 0.390. The van der Waals surface area contributed by atoms with Crippen LogP contribution in [0.4, 0.5) is 5.69 Å².